The number of aromatic hydroxyl groups is 1. The van der Waals surface area contributed by atoms with E-state index in [1.165, 1.54) is 24.4 Å². The van der Waals surface area contributed by atoms with Gasteiger partial charge >= 0.3 is 6.01 Å². The van der Waals surface area contributed by atoms with Gasteiger partial charge < -0.3 is 19.8 Å². The second-order valence-corrected chi connectivity index (χ2v) is 13.3. The normalized spacial score (nSPS) is 24.7. The summed E-state index contributed by atoms with van der Waals surface area (Å²) in [4.78, 5) is 17.9. The van der Waals surface area contributed by atoms with E-state index in [9.17, 15) is 19.0 Å². The summed E-state index contributed by atoms with van der Waals surface area (Å²) >= 11 is 0. The number of alkyl halides is 1. The lowest BCUT2D eigenvalue weighted by Crippen LogP contribution is -2.64. The highest BCUT2D eigenvalue weighted by Crippen LogP contribution is 2.50. The average molecular weight is 606 g/mol. The number of benzene rings is 2. The van der Waals surface area contributed by atoms with E-state index in [1.807, 2.05) is 11.8 Å². The summed E-state index contributed by atoms with van der Waals surface area (Å²) in [5, 5.41) is 21.9. The fourth-order valence-corrected chi connectivity index (χ4v) is 8.31. The first kappa shape index (κ1) is 27.8. The zero-order chi connectivity index (χ0) is 30.4. The van der Waals surface area contributed by atoms with Crippen LogP contribution >= 0.6 is 0 Å². The van der Waals surface area contributed by atoms with Gasteiger partial charge in [-0.1, -0.05) is 13.0 Å². The molecule has 11 heteroatoms. The zero-order valence-corrected chi connectivity index (χ0v) is 24.5. The van der Waals surface area contributed by atoms with Gasteiger partial charge in [0, 0.05) is 43.2 Å². The molecule has 1 aliphatic carbocycles. The fraction of sp³-hybridized carbons (Fsp3) is 0.485. The largest absolute Gasteiger partial charge is 0.508 e. The molecular formula is C33H34F3N5O3. The number of ether oxygens (including phenoxy) is 1. The topological polar surface area (TPSA) is 94.8 Å². The van der Waals surface area contributed by atoms with Gasteiger partial charge in [0.15, 0.2) is 5.82 Å². The molecule has 8 nitrogen and oxygen atoms in total. The Balaban J connectivity index is 1.24. The predicted octanol–water partition coefficient (Wildman–Crippen LogP) is 5.31. The Morgan fingerprint density at radius 1 is 1.11 bits per heavy atom. The monoisotopic (exact) mass is 605 g/mol. The van der Waals surface area contributed by atoms with Crippen LogP contribution in [0, 0.1) is 17.0 Å². The predicted molar refractivity (Wildman–Crippen MR) is 160 cm³/mol. The van der Waals surface area contributed by atoms with Crippen LogP contribution in [0.15, 0.2) is 30.5 Å². The molecule has 44 heavy (non-hydrogen) atoms. The molecule has 0 radical (unpaired) electrons. The molecule has 4 aromatic rings. The molecule has 0 unspecified atom stereocenters. The lowest BCUT2D eigenvalue weighted by molar-refractivity contribution is -0.0493. The van der Waals surface area contributed by atoms with Crippen molar-refractivity contribution in [1.29, 1.82) is 0 Å². The third kappa shape index (κ3) is 4.23. The number of rotatable bonds is 6. The Morgan fingerprint density at radius 2 is 1.93 bits per heavy atom. The van der Waals surface area contributed by atoms with Gasteiger partial charge in [0.25, 0.3) is 0 Å². The van der Waals surface area contributed by atoms with Gasteiger partial charge in [-0.3, -0.25) is 9.88 Å². The summed E-state index contributed by atoms with van der Waals surface area (Å²) in [7, 11) is 0. The number of phenolic OH excluding ortho intramolecular Hbond substituents is 1. The quantitative estimate of drug-likeness (QED) is 0.306. The van der Waals surface area contributed by atoms with Crippen molar-refractivity contribution in [2.45, 2.75) is 63.3 Å². The molecule has 2 aromatic heterocycles. The van der Waals surface area contributed by atoms with Crippen LogP contribution in [0.2, 0.25) is 0 Å². The van der Waals surface area contributed by atoms with Gasteiger partial charge in [-0.05, 0) is 73.2 Å². The first-order valence-corrected chi connectivity index (χ1v) is 15.4. The SMILES string of the molecule is CCc1c(F)ccc2cc(O)cc(-c3ncc4c(N5CC6(CC(O)C6)C5)nc(OC[C@@]56CCCN5C[C@H](F)C6)nc4c3F)c12. The summed E-state index contributed by atoms with van der Waals surface area (Å²) in [5.41, 5.74) is 0.213. The average Bonchev–Trinajstić information content (AvgIpc) is 3.48. The third-order valence-electron chi connectivity index (χ3n) is 10.3. The van der Waals surface area contributed by atoms with Crippen LogP contribution < -0.4 is 9.64 Å². The third-order valence-corrected chi connectivity index (χ3v) is 10.3. The van der Waals surface area contributed by atoms with E-state index in [4.69, 9.17) is 9.72 Å². The number of fused-ring (bicyclic) bond motifs is 3. The van der Waals surface area contributed by atoms with Gasteiger partial charge in [-0.25, -0.2) is 13.2 Å². The standard InChI is InChI=1S/C33H34F3N5O3/c1-2-22-25(35)5-4-18-8-20(42)9-23(26(18)22)28-27(36)29-24(13-37-28)30(40-15-32(16-40)11-21(43)12-32)39-31(38-29)44-17-33-6-3-7-41(33)14-19(34)10-33/h4-5,8-9,13,19,21,42-43H,2-3,6-7,10-12,14-17H2,1H3/t19-,33+/m1/s1. The summed E-state index contributed by atoms with van der Waals surface area (Å²) in [6.07, 6.45) is 4.27. The number of nitrogens with zero attached hydrogens (tertiary/aromatic N) is 5. The number of aliphatic hydroxyl groups is 1. The second kappa shape index (κ2) is 9.90. The minimum atomic E-state index is -0.914. The van der Waals surface area contributed by atoms with Crippen molar-refractivity contribution in [2.75, 3.05) is 37.7 Å². The van der Waals surface area contributed by atoms with E-state index in [0.717, 1.165) is 32.2 Å². The molecular weight excluding hydrogens is 571 g/mol. The molecule has 2 N–H and O–H groups in total. The van der Waals surface area contributed by atoms with Crippen molar-refractivity contribution in [3.63, 3.8) is 0 Å². The molecule has 4 aliphatic rings. The highest BCUT2D eigenvalue weighted by Gasteiger charge is 2.53. The lowest BCUT2D eigenvalue weighted by atomic mass is 9.62. The maximum Gasteiger partial charge on any atom is 0.319 e. The molecule has 0 amide bonds. The molecule has 4 fully saturated rings. The van der Waals surface area contributed by atoms with E-state index in [2.05, 4.69) is 14.9 Å². The number of phenols is 1. The molecule has 3 aliphatic heterocycles. The van der Waals surface area contributed by atoms with E-state index < -0.39 is 23.3 Å². The zero-order valence-electron chi connectivity index (χ0n) is 24.5. The Hall–Kier alpha value is -3.70. The van der Waals surface area contributed by atoms with E-state index in [-0.39, 0.29) is 46.7 Å². The molecule has 3 saturated heterocycles. The van der Waals surface area contributed by atoms with Gasteiger partial charge in [0.05, 0.1) is 17.0 Å². The van der Waals surface area contributed by atoms with Gasteiger partial charge in [-0.2, -0.15) is 9.97 Å². The van der Waals surface area contributed by atoms with Crippen molar-refractivity contribution >= 4 is 27.5 Å². The highest BCUT2D eigenvalue weighted by molar-refractivity contribution is 6.01. The van der Waals surface area contributed by atoms with Crippen LogP contribution in [0.4, 0.5) is 19.0 Å². The summed E-state index contributed by atoms with van der Waals surface area (Å²) in [6.45, 7) is 4.55. The molecule has 230 valence electrons. The van der Waals surface area contributed by atoms with Crippen LogP contribution in [0.1, 0.15) is 44.6 Å². The summed E-state index contributed by atoms with van der Waals surface area (Å²) in [6, 6.07) is 5.84. The Morgan fingerprint density at radius 3 is 2.70 bits per heavy atom. The highest BCUT2D eigenvalue weighted by atomic mass is 19.1. The Labute approximate surface area is 252 Å². The van der Waals surface area contributed by atoms with E-state index >= 15 is 4.39 Å². The second-order valence-electron chi connectivity index (χ2n) is 13.3. The number of aromatic nitrogens is 3. The first-order valence-electron chi connectivity index (χ1n) is 15.4. The van der Waals surface area contributed by atoms with Gasteiger partial charge in [0.1, 0.15) is 41.4 Å². The maximum absolute atomic E-state index is 16.7. The maximum atomic E-state index is 16.7. The van der Waals surface area contributed by atoms with Crippen LogP contribution in [0.5, 0.6) is 11.8 Å². The van der Waals surface area contributed by atoms with Gasteiger partial charge in [0.2, 0.25) is 0 Å². The van der Waals surface area contributed by atoms with Crippen molar-refractivity contribution in [3.05, 3.63) is 47.7 Å². The molecule has 1 spiro atoms. The summed E-state index contributed by atoms with van der Waals surface area (Å²) < 4.78 is 52.2. The first-order chi connectivity index (χ1) is 21.2. The molecule has 2 aromatic carbocycles. The summed E-state index contributed by atoms with van der Waals surface area (Å²) in [5.74, 6) is -0.740. The van der Waals surface area contributed by atoms with Crippen molar-refractivity contribution < 1.29 is 28.1 Å². The molecule has 2 atom stereocenters. The molecule has 8 rings (SSSR count). The van der Waals surface area contributed by atoms with Crippen LogP contribution in [0.3, 0.4) is 0 Å². The number of anilines is 1. The van der Waals surface area contributed by atoms with E-state index in [1.54, 1.807) is 6.07 Å². The Kier molecular flexibility index (Phi) is 6.26. The van der Waals surface area contributed by atoms with Gasteiger partial charge in [-0.15, -0.1) is 0 Å². The smallest absolute Gasteiger partial charge is 0.319 e. The Bertz CT molecular complexity index is 1810. The van der Waals surface area contributed by atoms with Crippen LogP contribution in [0.25, 0.3) is 32.9 Å². The van der Waals surface area contributed by atoms with Crippen LogP contribution in [-0.2, 0) is 6.42 Å². The van der Waals surface area contributed by atoms with Crippen LogP contribution in [-0.4, -0.2) is 80.7 Å². The number of hydrogen-bond donors (Lipinski definition) is 2. The lowest BCUT2D eigenvalue weighted by Gasteiger charge is -2.58. The van der Waals surface area contributed by atoms with Crippen molar-refractivity contribution in [3.8, 4) is 23.0 Å². The minimum absolute atomic E-state index is 0.00253. The van der Waals surface area contributed by atoms with Crippen molar-refractivity contribution in [2.24, 2.45) is 5.41 Å². The number of pyridine rings is 1. The molecule has 0 bridgehead atoms. The van der Waals surface area contributed by atoms with Crippen molar-refractivity contribution in [1.82, 2.24) is 19.9 Å². The number of aliphatic hydroxyl groups excluding tert-OH is 1. The van der Waals surface area contributed by atoms with E-state index in [0.29, 0.717) is 60.0 Å². The fourth-order valence-electron chi connectivity index (χ4n) is 8.31. The number of hydrogen-bond acceptors (Lipinski definition) is 8. The molecule has 5 heterocycles. The molecule has 1 saturated carbocycles. The number of halogens is 3. The minimum Gasteiger partial charge on any atom is -0.508 e. The number of aryl methyl sites for hydroxylation is 1.